The fourth-order valence-electron chi connectivity index (χ4n) is 2.41. The van der Waals surface area contributed by atoms with E-state index in [0.717, 1.165) is 15.6 Å². The Balaban J connectivity index is 1.85. The predicted octanol–water partition coefficient (Wildman–Crippen LogP) is 5.13. The molecule has 1 atom stereocenters. The van der Waals surface area contributed by atoms with Gasteiger partial charge < -0.3 is 5.32 Å². The van der Waals surface area contributed by atoms with Gasteiger partial charge in [0.15, 0.2) is 10.1 Å². The smallest absolute Gasteiger partial charge is 0.242 e. The Morgan fingerprint density at radius 3 is 2.54 bits per heavy atom. The Morgan fingerprint density at radius 1 is 1.12 bits per heavy atom. The van der Waals surface area contributed by atoms with Gasteiger partial charge in [-0.3, -0.25) is 9.59 Å². The highest BCUT2D eigenvalue weighted by molar-refractivity contribution is 8.01. The fraction of sp³-hybridized carbons (Fsp3) is 0.150. The normalized spacial score (nSPS) is 11.8. The molecule has 6 heteroatoms. The zero-order valence-electron chi connectivity index (χ0n) is 14.4. The van der Waals surface area contributed by atoms with Crippen molar-refractivity contribution in [3.05, 3.63) is 76.8 Å². The molecule has 1 amide bonds. The number of nitrogens with zero attached hydrogens (tertiary/aromatic N) is 1. The van der Waals surface area contributed by atoms with Crippen molar-refractivity contribution >= 4 is 40.5 Å². The molecule has 3 aromatic rings. The van der Waals surface area contributed by atoms with Crippen LogP contribution >= 0.6 is 23.1 Å². The molecule has 1 aromatic heterocycles. The second-order valence-corrected chi connectivity index (χ2v) is 8.00. The van der Waals surface area contributed by atoms with E-state index in [0.29, 0.717) is 11.3 Å². The van der Waals surface area contributed by atoms with E-state index >= 15 is 0 Å². The highest BCUT2D eigenvalue weighted by Crippen LogP contribution is 2.37. The second-order valence-electron chi connectivity index (χ2n) is 5.79. The van der Waals surface area contributed by atoms with Gasteiger partial charge in [0.25, 0.3) is 0 Å². The largest absolute Gasteiger partial charge is 0.325 e. The molecule has 0 radical (unpaired) electrons. The summed E-state index contributed by atoms with van der Waals surface area (Å²) in [4.78, 5) is 29.0. The summed E-state index contributed by atoms with van der Waals surface area (Å²) < 4.78 is 0.851. The average molecular weight is 383 g/mol. The SMILES string of the molecule is CC(=O)c1cccc(NC(=O)[C@H](Sc2nc(C)cs2)c2ccccc2)c1. The number of rotatable bonds is 6. The standard InChI is InChI=1S/C20H18N2O2S2/c1-13-12-25-20(21-13)26-18(15-7-4-3-5-8-15)19(24)22-17-10-6-9-16(11-17)14(2)23/h3-12,18H,1-2H3,(H,22,24)/t18-/m1/s1. The second kappa shape index (κ2) is 8.29. The van der Waals surface area contributed by atoms with Crippen molar-refractivity contribution in [2.45, 2.75) is 23.4 Å². The van der Waals surface area contributed by atoms with Gasteiger partial charge in [-0.25, -0.2) is 4.98 Å². The first kappa shape index (κ1) is 18.4. The molecule has 1 N–H and O–H groups in total. The molecule has 0 saturated heterocycles. The summed E-state index contributed by atoms with van der Waals surface area (Å²) in [5.41, 5.74) is 3.03. The van der Waals surface area contributed by atoms with E-state index < -0.39 is 5.25 Å². The van der Waals surface area contributed by atoms with E-state index in [-0.39, 0.29) is 11.7 Å². The molecule has 0 spiro atoms. The van der Waals surface area contributed by atoms with Gasteiger partial charge in [0.05, 0.1) is 0 Å². The molecule has 0 aliphatic rings. The first-order valence-electron chi connectivity index (χ1n) is 8.08. The molecule has 132 valence electrons. The third-order valence-corrected chi connectivity index (χ3v) is 6.04. The van der Waals surface area contributed by atoms with Crippen LogP contribution in [0.15, 0.2) is 64.3 Å². The number of ketones is 1. The lowest BCUT2D eigenvalue weighted by Gasteiger charge is -2.16. The van der Waals surface area contributed by atoms with Crippen LogP contribution in [0.1, 0.15) is 33.8 Å². The van der Waals surface area contributed by atoms with Crippen LogP contribution in [0.2, 0.25) is 0 Å². The van der Waals surface area contributed by atoms with E-state index in [9.17, 15) is 9.59 Å². The lowest BCUT2D eigenvalue weighted by molar-refractivity contribution is -0.115. The van der Waals surface area contributed by atoms with Crippen LogP contribution in [0.25, 0.3) is 0 Å². The summed E-state index contributed by atoms with van der Waals surface area (Å²) in [5, 5.41) is 4.47. The summed E-state index contributed by atoms with van der Waals surface area (Å²) >= 11 is 2.96. The number of benzene rings is 2. The van der Waals surface area contributed by atoms with Gasteiger partial charge >= 0.3 is 0 Å². The number of thioether (sulfide) groups is 1. The highest BCUT2D eigenvalue weighted by atomic mass is 32.2. The van der Waals surface area contributed by atoms with Gasteiger partial charge in [-0.05, 0) is 31.5 Å². The van der Waals surface area contributed by atoms with Gasteiger partial charge in [-0.15, -0.1) is 11.3 Å². The van der Waals surface area contributed by atoms with E-state index in [1.807, 2.05) is 42.6 Å². The van der Waals surface area contributed by atoms with E-state index in [2.05, 4.69) is 10.3 Å². The number of amides is 1. The fourth-order valence-corrected chi connectivity index (χ4v) is 4.45. The van der Waals surface area contributed by atoms with Crippen LogP contribution in [-0.2, 0) is 4.79 Å². The van der Waals surface area contributed by atoms with Crippen molar-refractivity contribution in [1.82, 2.24) is 4.98 Å². The monoisotopic (exact) mass is 382 g/mol. The van der Waals surface area contributed by atoms with Gasteiger partial charge in [-0.2, -0.15) is 0 Å². The summed E-state index contributed by atoms with van der Waals surface area (Å²) in [7, 11) is 0. The van der Waals surface area contributed by atoms with Crippen molar-refractivity contribution in [3.63, 3.8) is 0 Å². The molecule has 0 unspecified atom stereocenters. The maximum Gasteiger partial charge on any atom is 0.242 e. The maximum absolute atomic E-state index is 13.0. The molecule has 0 aliphatic carbocycles. The van der Waals surface area contributed by atoms with Crippen LogP contribution in [0, 0.1) is 6.92 Å². The zero-order valence-corrected chi connectivity index (χ0v) is 16.1. The Bertz CT molecular complexity index is 922. The quantitative estimate of drug-likeness (QED) is 0.474. The van der Waals surface area contributed by atoms with Gasteiger partial charge in [0.1, 0.15) is 5.25 Å². The van der Waals surface area contributed by atoms with E-state index in [1.54, 1.807) is 24.3 Å². The lowest BCUT2D eigenvalue weighted by atomic mass is 10.1. The van der Waals surface area contributed by atoms with Crippen LogP contribution < -0.4 is 5.32 Å². The highest BCUT2D eigenvalue weighted by Gasteiger charge is 2.23. The minimum Gasteiger partial charge on any atom is -0.325 e. The van der Waals surface area contributed by atoms with Crippen LogP contribution in [0.3, 0.4) is 0 Å². The summed E-state index contributed by atoms with van der Waals surface area (Å²) in [5.74, 6) is -0.178. The number of Topliss-reactive ketones (excluding diaryl/α,β-unsaturated/α-hetero) is 1. The maximum atomic E-state index is 13.0. The third kappa shape index (κ3) is 4.59. The molecule has 0 saturated carbocycles. The van der Waals surface area contributed by atoms with Gasteiger partial charge in [0.2, 0.25) is 5.91 Å². The van der Waals surface area contributed by atoms with Crippen molar-refractivity contribution < 1.29 is 9.59 Å². The zero-order chi connectivity index (χ0) is 18.5. The summed E-state index contributed by atoms with van der Waals surface area (Å²) in [6.45, 7) is 3.44. The number of thiazole rings is 1. The molecule has 0 aliphatic heterocycles. The van der Waals surface area contributed by atoms with Crippen LogP contribution in [0.4, 0.5) is 5.69 Å². The first-order valence-corrected chi connectivity index (χ1v) is 9.84. The van der Waals surface area contributed by atoms with Crippen molar-refractivity contribution in [1.29, 1.82) is 0 Å². The Kier molecular flexibility index (Phi) is 5.85. The number of nitrogens with one attached hydrogen (secondary N) is 1. The number of aromatic nitrogens is 1. The Hall–Kier alpha value is -2.44. The molecule has 26 heavy (non-hydrogen) atoms. The number of hydrogen-bond acceptors (Lipinski definition) is 5. The summed E-state index contributed by atoms with van der Waals surface area (Å²) in [6, 6.07) is 16.6. The number of carbonyl (C=O) groups is 2. The minimum atomic E-state index is -0.428. The van der Waals surface area contributed by atoms with Crippen LogP contribution in [0.5, 0.6) is 0 Å². The van der Waals surface area contributed by atoms with Crippen molar-refractivity contribution in [2.24, 2.45) is 0 Å². The molecule has 4 nitrogen and oxygen atoms in total. The van der Waals surface area contributed by atoms with Gasteiger partial charge in [0, 0.05) is 22.3 Å². The van der Waals surface area contributed by atoms with E-state index in [1.165, 1.54) is 30.0 Å². The van der Waals surface area contributed by atoms with Crippen molar-refractivity contribution in [2.75, 3.05) is 5.32 Å². The lowest BCUT2D eigenvalue weighted by Crippen LogP contribution is -2.19. The number of anilines is 1. The third-order valence-electron chi connectivity index (χ3n) is 3.69. The first-order chi connectivity index (χ1) is 12.5. The molecule has 1 heterocycles. The number of aryl methyl sites for hydroxylation is 1. The number of hydrogen-bond donors (Lipinski definition) is 1. The Morgan fingerprint density at radius 2 is 1.88 bits per heavy atom. The summed E-state index contributed by atoms with van der Waals surface area (Å²) in [6.07, 6.45) is 0. The minimum absolute atomic E-state index is 0.0339. The molecule has 3 rings (SSSR count). The molecule has 0 bridgehead atoms. The van der Waals surface area contributed by atoms with Gasteiger partial charge in [-0.1, -0.05) is 54.2 Å². The van der Waals surface area contributed by atoms with E-state index in [4.69, 9.17) is 0 Å². The molecular weight excluding hydrogens is 364 g/mol. The number of carbonyl (C=O) groups excluding carboxylic acids is 2. The molecule has 0 fully saturated rings. The average Bonchev–Trinajstić information content (AvgIpc) is 3.05. The molecular formula is C20H18N2O2S2. The predicted molar refractivity (Wildman–Crippen MR) is 107 cm³/mol. The van der Waals surface area contributed by atoms with Crippen molar-refractivity contribution in [3.8, 4) is 0 Å². The van der Waals surface area contributed by atoms with Crippen LogP contribution in [-0.4, -0.2) is 16.7 Å². The topological polar surface area (TPSA) is 59.1 Å². The molecule has 2 aromatic carbocycles. The Labute approximate surface area is 160 Å².